The van der Waals surface area contributed by atoms with Gasteiger partial charge in [0.25, 0.3) is 0 Å². The molecule has 0 unspecified atom stereocenters. The van der Waals surface area contributed by atoms with Crippen molar-refractivity contribution < 1.29 is 0 Å². The maximum Gasteiger partial charge on any atom is 0.118 e. The third-order valence-electron chi connectivity index (χ3n) is 3.48. The number of aromatic amines is 1. The lowest BCUT2D eigenvalue weighted by Gasteiger charge is -1.98. The molecule has 0 radical (unpaired) electrons. The highest BCUT2D eigenvalue weighted by atomic mass is 15.2. The maximum atomic E-state index is 4.11. The molecule has 3 nitrogen and oxygen atoms in total. The molecule has 1 aromatic heterocycles. The third kappa shape index (κ3) is 1.45. The normalized spacial score (nSPS) is 13.2. The van der Waals surface area contributed by atoms with E-state index in [1.54, 1.807) is 0 Å². The maximum absolute atomic E-state index is 4.11. The monoisotopic (exact) mass is 247 g/mol. The predicted octanol–water partition coefficient (Wildman–Crippen LogP) is 2.18. The molecule has 1 aliphatic rings. The van der Waals surface area contributed by atoms with E-state index < -0.39 is 0 Å². The minimum atomic E-state index is 0.920. The van der Waals surface area contributed by atoms with E-state index in [0.717, 1.165) is 33.3 Å². The van der Waals surface area contributed by atoms with E-state index in [4.69, 9.17) is 0 Å². The first-order valence-electron chi connectivity index (χ1n) is 6.26. The summed E-state index contributed by atoms with van der Waals surface area (Å²) in [6.07, 6.45) is 0. The Kier molecular flexibility index (Phi) is 1.97. The Bertz CT molecular complexity index is 863. The summed E-state index contributed by atoms with van der Waals surface area (Å²) in [5, 5.41) is 10.0. The molecular formula is C16H13N3. The molecule has 0 saturated carbocycles. The van der Waals surface area contributed by atoms with Crippen molar-refractivity contribution in [2.75, 3.05) is 10.6 Å². The molecule has 1 aliphatic heterocycles. The number of anilines is 2. The van der Waals surface area contributed by atoms with E-state index >= 15 is 0 Å². The number of hydrogen-bond donors (Lipinski definition) is 3. The molecule has 0 fully saturated rings. The number of para-hydroxylation sites is 3. The van der Waals surface area contributed by atoms with Crippen molar-refractivity contribution >= 4 is 34.7 Å². The second kappa shape index (κ2) is 3.65. The molecule has 2 heterocycles. The fourth-order valence-corrected chi connectivity index (χ4v) is 2.61. The molecule has 4 rings (SSSR count). The molecule has 19 heavy (non-hydrogen) atoms. The van der Waals surface area contributed by atoms with Crippen molar-refractivity contribution in [1.82, 2.24) is 4.98 Å². The highest BCUT2D eigenvalue weighted by molar-refractivity contribution is 5.94. The Balaban J connectivity index is 2.04. The van der Waals surface area contributed by atoms with Gasteiger partial charge in [-0.05, 0) is 18.2 Å². The van der Waals surface area contributed by atoms with Gasteiger partial charge in [0.05, 0.1) is 11.4 Å². The van der Waals surface area contributed by atoms with Gasteiger partial charge in [0.2, 0.25) is 0 Å². The fraction of sp³-hybridized carbons (Fsp3) is 0. The Morgan fingerprint density at radius 2 is 1.42 bits per heavy atom. The topological polar surface area (TPSA) is 39.9 Å². The van der Waals surface area contributed by atoms with Crippen LogP contribution < -0.4 is 21.2 Å². The van der Waals surface area contributed by atoms with Gasteiger partial charge >= 0.3 is 0 Å². The zero-order valence-electron chi connectivity index (χ0n) is 10.3. The summed E-state index contributed by atoms with van der Waals surface area (Å²) in [5.74, 6) is 0.989. The van der Waals surface area contributed by atoms with E-state index in [1.165, 1.54) is 5.39 Å². The Morgan fingerprint density at radius 1 is 0.789 bits per heavy atom. The van der Waals surface area contributed by atoms with Gasteiger partial charge in [-0.15, -0.1) is 0 Å². The van der Waals surface area contributed by atoms with Crippen LogP contribution in [-0.4, -0.2) is 4.98 Å². The molecule has 3 aromatic rings. The van der Waals surface area contributed by atoms with Crippen LogP contribution in [0.4, 0.5) is 11.4 Å². The van der Waals surface area contributed by atoms with Gasteiger partial charge < -0.3 is 15.6 Å². The molecule has 0 amide bonds. The van der Waals surface area contributed by atoms with Crippen LogP contribution in [0.25, 0.3) is 23.3 Å². The summed E-state index contributed by atoms with van der Waals surface area (Å²) in [5.41, 5.74) is 3.30. The van der Waals surface area contributed by atoms with Gasteiger partial charge in [-0.1, -0.05) is 36.9 Å². The number of H-pyrrole nitrogens is 1. The predicted molar refractivity (Wildman–Crippen MR) is 80.2 cm³/mol. The summed E-state index contributed by atoms with van der Waals surface area (Å²) in [7, 11) is 0. The molecule has 3 N–H and O–H groups in total. The highest BCUT2D eigenvalue weighted by Gasteiger charge is 2.15. The minimum Gasteiger partial charge on any atom is -0.355 e. The summed E-state index contributed by atoms with van der Waals surface area (Å²) >= 11 is 0. The third-order valence-corrected chi connectivity index (χ3v) is 3.48. The van der Waals surface area contributed by atoms with Gasteiger partial charge in [0, 0.05) is 21.5 Å². The number of benzene rings is 2. The molecule has 0 bridgehead atoms. The molecule has 92 valence electrons. The standard InChI is InChI=1S/C16H13N3/c1-10-15(11-6-2-3-7-12(11)17-10)16-18-13-8-4-5-9-14(13)19-16/h2-9,17-19H,1H2. The van der Waals surface area contributed by atoms with Crippen LogP contribution in [0.2, 0.25) is 0 Å². The highest BCUT2D eigenvalue weighted by Crippen LogP contribution is 2.29. The lowest BCUT2D eigenvalue weighted by molar-refractivity contribution is 1.36. The van der Waals surface area contributed by atoms with Crippen LogP contribution in [0.3, 0.4) is 0 Å². The molecule has 3 heteroatoms. The second-order valence-electron chi connectivity index (χ2n) is 4.69. The van der Waals surface area contributed by atoms with E-state index in [2.05, 4.69) is 46.5 Å². The Labute approximate surface area is 110 Å². The first-order chi connectivity index (χ1) is 9.33. The van der Waals surface area contributed by atoms with E-state index in [9.17, 15) is 0 Å². The Hall–Kier alpha value is -2.68. The number of rotatable bonds is 0. The summed E-state index contributed by atoms with van der Waals surface area (Å²) in [6.45, 7) is 4.11. The molecule has 0 saturated heterocycles. The quantitative estimate of drug-likeness (QED) is 0.570. The zero-order chi connectivity index (χ0) is 12.8. The number of aromatic nitrogens is 1. The summed E-state index contributed by atoms with van der Waals surface area (Å²) in [4.78, 5) is 3.32. The lowest BCUT2D eigenvalue weighted by Crippen LogP contribution is -2.27. The molecular weight excluding hydrogens is 234 g/mol. The summed E-state index contributed by atoms with van der Waals surface area (Å²) < 4.78 is 0. The Morgan fingerprint density at radius 3 is 2.16 bits per heavy atom. The van der Waals surface area contributed by atoms with Crippen molar-refractivity contribution in [3.05, 3.63) is 59.1 Å². The van der Waals surface area contributed by atoms with Crippen molar-refractivity contribution in [2.45, 2.75) is 0 Å². The van der Waals surface area contributed by atoms with Crippen LogP contribution in [0, 0.1) is 0 Å². The van der Waals surface area contributed by atoms with Gasteiger partial charge in [-0.2, -0.15) is 0 Å². The van der Waals surface area contributed by atoms with Crippen LogP contribution in [-0.2, 0) is 0 Å². The van der Waals surface area contributed by atoms with Crippen LogP contribution in [0.1, 0.15) is 0 Å². The fourth-order valence-electron chi connectivity index (χ4n) is 2.61. The first-order valence-corrected chi connectivity index (χ1v) is 6.26. The van der Waals surface area contributed by atoms with Gasteiger partial charge in [-0.3, -0.25) is 0 Å². The van der Waals surface area contributed by atoms with E-state index in [-0.39, 0.29) is 0 Å². The first kappa shape index (κ1) is 10.3. The average Bonchev–Trinajstić information content (AvgIpc) is 2.97. The summed E-state index contributed by atoms with van der Waals surface area (Å²) in [6, 6.07) is 16.4. The van der Waals surface area contributed by atoms with Crippen LogP contribution >= 0.6 is 0 Å². The number of hydrogen-bond acceptors (Lipinski definition) is 2. The van der Waals surface area contributed by atoms with Crippen LogP contribution in [0.5, 0.6) is 0 Å². The van der Waals surface area contributed by atoms with E-state index in [1.807, 2.05) is 24.3 Å². The largest absolute Gasteiger partial charge is 0.355 e. The zero-order valence-corrected chi connectivity index (χ0v) is 10.3. The molecule has 0 spiro atoms. The number of nitrogens with one attached hydrogen (secondary N) is 3. The lowest BCUT2D eigenvalue weighted by atomic mass is 10.2. The van der Waals surface area contributed by atoms with E-state index in [0.29, 0.717) is 0 Å². The van der Waals surface area contributed by atoms with Gasteiger partial charge in [-0.25, -0.2) is 0 Å². The van der Waals surface area contributed by atoms with Crippen LogP contribution in [0.15, 0.2) is 48.5 Å². The van der Waals surface area contributed by atoms with Crippen molar-refractivity contribution in [1.29, 1.82) is 0 Å². The van der Waals surface area contributed by atoms with Gasteiger partial charge in [0.1, 0.15) is 5.82 Å². The molecule has 0 atom stereocenters. The SMILES string of the molecule is C=c1[nH]c2ccccc2c1=C1Nc2ccccc2N1. The molecule has 0 aliphatic carbocycles. The van der Waals surface area contributed by atoms with Crippen molar-refractivity contribution in [3.63, 3.8) is 0 Å². The minimum absolute atomic E-state index is 0.920. The average molecular weight is 247 g/mol. The van der Waals surface area contributed by atoms with Crippen molar-refractivity contribution in [2.24, 2.45) is 0 Å². The second-order valence-corrected chi connectivity index (χ2v) is 4.69. The smallest absolute Gasteiger partial charge is 0.118 e. The van der Waals surface area contributed by atoms with Crippen molar-refractivity contribution in [3.8, 4) is 0 Å². The van der Waals surface area contributed by atoms with Gasteiger partial charge in [0.15, 0.2) is 0 Å². The number of fused-ring (bicyclic) bond motifs is 2. The molecule has 2 aromatic carbocycles.